The average molecular weight is 355 g/mol. The number of hydrogen-bond acceptors (Lipinski definition) is 4. The number of aromatic amines is 1. The van der Waals surface area contributed by atoms with Crippen LogP contribution in [0.5, 0.6) is 0 Å². The summed E-state index contributed by atoms with van der Waals surface area (Å²) in [6.45, 7) is 2.27. The Morgan fingerprint density at radius 2 is 2.04 bits per heavy atom. The second-order valence-electron chi connectivity index (χ2n) is 7.61. The van der Waals surface area contributed by atoms with Gasteiger partial charge in [0.15, 0.2) is 17.5 Å². The predicted octanol–water partition coefficient (Wildman–Crippen LogP) is 4.14. The molecule has 4 atom stereocenters. The minimum atomic E-state index is -0.465. The van der Waals surface area contributed by atoms with Crippen LogP contribution in [0, 0.1) is 29.4 Å². The predicted molar refractivity (Wildman–Crippen MR) is 94.4 cm³/mol. The fourth-order valence-corrected chi connectivity index (χ4v) is 4.80. The van der Waals surface area contributed by atoms with Gasteiger partial charge in [-0.15, -0.1) is 0 Å². The molecule has 26 heavy (non-hydrogen) atoms. The number of hydrogen-bond donors (Lipinski definition) is 2. The van der Waals surface area contributed by atoms with Crippen LogP contribution in [-0.2, 0) is 0 Å². The minimum absolute atomic E-state index is 0.221. The Kier molecular flexibility index (Phi) is 3.45. The first-order valence-corrected chi connectivity index (χ1v) is 9.00. The molecule has 0 amide bonds. The molecule has 0 radical (unpaired) electrons. The highest BCUT2D eigenvalue weighted by atomic mass is 19.1. The number of anilines is 1. The van der Waals surface area contributed by atoms with E-state index < -0.39 is 11.6 Å². The van der Waals surface area contributed by atoms with E-state index in [4.69, 9.17) is 0 Å². The Balaban J connectivity index is 1.49. The zero-order chi connectivity index (χ0) is 17.8. The third kappa shape index (κ3) is 2.45. The summed E-state index contributed by atoms with van der Waals surface area (Å²) in [7, 11) is 0. The fraction of sp³-hybridized carbons (Fsp3) is 0.421. The Hall–Kier alpha value is -2.57. The van der Waals surface area contributed by atoms with Crippen molar-refractivity contribution in [3.63, 3.8) is 0 Å². The Morgan fingerprint density at radius 3 is 2.85 bits per heavy atom. The fourth-order valence-electron chi connectivity index (χ4n) is 4.80. The zero-order valence-electron chi connectivity index (χ0n) is 14.3. The topological polar surface area (TPSA) is 66.5 Å². The summed E-state index contributed by atoms with van der Waals surface area (Å²) in [4.78, 5) is 15.5. The lowest BCUT2D eigenvalue weighted by atomic mass is 9.86. The molecule has 2 saturated carbocycles. The van der Waals surface area contributed by atoms with Crippen LogP contribution in [-0.4, -0.2) is 26.0 Å². The van der Waals surface area contributed by atoms with Gasteiger partial charge in [-0.2, -0.15) is 0 Å². The van der Waals surface area contributed by atoms with E-state index in [1.165, 1.54) is 25.1 Å². The number of fused-ring (bicyclic) bond motifs is 3. The van der Waals surface area contributed by atoms with E-state index in [0.717, 1.165) is 18.5 Å². The van der Waals surface area contributed by atoms with Crippen LogP contribution in [0.3, 0.4) is 0 Å². The molecular formula is C19H19F2N5. The van der Waals surface area contributed by atoms with Gasteiger partial charge in [0.1, 0.15) is 11.5 Å². The van der Waals surface area contributed by atoms with Crippen LogP contribution in [0.1, 0.15) is 26.2 Å². The molecule has 0 spiro atoms. The summed E-state index contributed by atoms with van der Waals surface area (Å²) in [6, 6.07) is 1.63. The van der Waals surface area contributed by atoms with Gasteiger partial charge in [-0.25, -0.2) is 23.7 Å². The summed E-state index contributed by atoms with van der Waals surface area (Å²) in [5.41, 5.74) is 1.15. The van der Waals surface area contributed by atoms with E-state index in [0.29, 0.717) is 34.3 Å². The van der Waals surface area contributed by atoms with E-state index in [9.17, 15) is 8.78 Å². The number of H-pyrrole nitrogens is 1. The maximum atomic E-state index is 14.3. The summed E-state index contributed by atoms with van der Waals surface area (Å²) < 4.78 is 27.9. The van der Waals surface area contributed by atoms with Gasteiger partial charge >= 0.3 is 0 Å². The van der Waals surface area contributed by atoms with Gasteiger partial charge in [0.05, 0.1) is 12.4 Å². The lowest BCUT2D eigenvalue weighted by Crippen LogP contribution is -2.31. The molecule has 2 aliphatic carbocycles. The largest absolute Gasteiger partial charge is 0.364 e. The highest BCUT2D eigenvalue weighted by Crippen LogP contribution is 2.49. The van der Waals surface area contributed by atoms with Crippen LogP contribution in [0.2, 0.25) is 0 Å². The summed E-state index contributed by atoms with van der Waals surface area (Å²) in [5, 5.41) is 3.89. The summed E-state index contributed by atoms with van der Waals surface area (Å²) in [6.07, 6.45) is 7.55. The van der Waals surface area contributed by atoms with Gasteiger partial charge in [0.25, 0.3) is 0 Å². The molecule has 0 saturated heterocycles. The molecule has 5 nitrogen and oxygen atoms in total. The Labute approximate surface area is 149 Å². The molecule has 3 heterocycles. The van der Waals surface area contributed by atoms with Crippen LogP contribution >= 0.6 is 0 Å². The van der Waals surface area contributed by atoms with Crippen molar-refractivity contribution >= 4 is 16.9 Å². The maximum absolute atomic E-state index is 14.3. The first-order valence-electron chi connectivity index (χ1n) is 9.00. The monoisotopic (exact) mass is 355 g/mol. The van der Waals surface area contributed by atoms with Crippen molar-refractivity contribution in [3.8, 4) is 11.4 Å². The summed E-state index contributed by atoms with van der Waals surface area (Å²) in [5.74, 6) is 1.65. The molecule has 2 bridgehead atoms. The SMILES string of the molecule is CC1CC2CC(Nc3nc(-c4c[nH]c5ncc(F)cc45)ncc3F)C1C2. The van der Waals surface area contributed by atoms with Crippen molar-refractivity contribution in [2.45, 2.75) is 32.2 Å². The van der Waals surface area contributed by atoms with Crippen molar-refractivity contribution in [2.75, 3.05) is 5.32 Å². The molecule has 0 aromatic carbocycles. The Morgan fingerprint density at radius 1 is 1.15 bits per heavy atom. The van der Waals surface area contributed by atoms with Crippen LogP contribution in [0.15, 0.2) is 24.7 Å². The molecule has 4 unspecified atom stereocenters. The number of aromatic nitrogens is 4. The molecule has 3 aromatic heterocycles. The average Bonchev–Trinajstić information content (AvgIpc) is 3.30. The maximum Gasteiger partial charge on any atom is 0.183 e. The van der Waals surface area contributed by atoms with Gasteiger partial charge in [0.2, 0.25) is 0 Å². The first kappa shape index (κ1) is 15.7. The second kappa shape index (κ2) is 5.72. The van der Waals surface area contributed by atoms with E-state index in [1.807, 2.05) is 0 Å². The van der Waals surface area contributed by atoms with Crippen molar-refractivity contribution in [1.82, 2.24) is 19.9 Å². The lowest BCUT2D eigenvalue weighted by molar-refractivity contribution is 0.331. The van der Waals surface area contributed by atoms with Gasteiger partial charge in [-0.05, 0) is 43.1 Å². The van der Waals surface area contributed by atoms with E-state index in [1.54, 1.807) is 6.20 Å². The van der Waals surface area contributed by atoms with Crippen molar-refractivity contribution in [2.24, 2.45) is 17.8 Å². The number of pyridine rings is 1. The molecule has 0 aliphatic heterocycles. The van der Waals surface area contributed by atoms with Crippen molar-refractivity contribution < 1.29 is 8.78 Å². The third-order valence-electron chi connectivity index (χ3n) is 5.95. The standard InChI is InChI=1S/C19H19F2N5/c1-9-2-10-3-12(9)16(4-10)25-19-15(21)8-24-18(26-19)14-7-23-17-13(14)5-11(20)6-22-17/h5-10,12,16H,2-4H2,1H3,(H,22,23)(H,24,25,26). The van der Waals surface area contributed by atoms with Gasteiger partial charge in [-0.3, -0.25) is 0 Å². The van der Waals surface area contributed by atoms with Crippen LogP contribution in [0.4, 0.5) is 14.6 Å². The smallest absolute Gasteiger partial charge is 0.183 e. The molecule has 3 aromatic rings. The highest BCUT2D eigenvalue weighted by Gasteiger charge is 2.44. The molecular weight excluding hydrogens is 336 g/mol. The normalized spacial score (nSPS) is 27.3. The molecule has 7 heteroatoms. The number of nitrogens with one attached hydrogen (secondary N) is 2. The van der Waals surface area contributed by atoms with Crippen LogP contribution in [0.25, 0.3) is 22.4 Å². The molecule has 2 aliphatic rings. The lowest BCUT2D eigenvalue weighted by Gasteiger charge is -2.28. The quantitative estimate of drug-likeness (QED) is 0.741. The second-order valence-corrected chi connectivity index (χ2v) is 7.61. The molecule has 5 rings (SSSR count). The van der Waals surface area contributed by atoms with Gasteiger partial charge < -0.3 is 10.3 Å². The van der Waals surface area contributed by atoms with Crippen molar-refractivity contribution in [3.05, 3.63) is 36.3 Å². The van der Waals surface area contributed by atoms with Gasteiger partial charge in [-0.1, -0.05) is 6.92 Å². The molecule has 2 fully saturated rings. The van der Waals surface area contributed by atoms with E-state index >= 15 is 0 Å². The zero-order valence-corrected chi connectivity index (χ0v) is 14.3. The van der Waals surface area contributed by atoms with Crippen molar-refractivity contribution in [1.29, 1.82) is 0 Å². The van der Waals surface area contributed by atoms with E-state index in [-0.39, 0.29) is 11.9 Å². The highest BCUT2D eigenvalue weighted by molar-refractivity contribution is 5.91. The minimum Gasteiger partial charge on any atom is -0.364 e. The number of nitrogens with zero attached hydrogens (tertiary/aromatic N) is 3. The Bertz CT molecular complexity index is 985. The number of rotatable bonds is 3. The van der Waals surface area contributed by atoms with Gasteiger partial charge in [0, 0.05) is 23.2 Å². The third-order valence-corrected chi connectivity index (χ3v) is 5.95. The molecule has 134 valence electrons. The van der Waals surface area contributed by atoms with E-state index in [2.05, 4.69) is 32.2 Å². The molecule has 2 N–H and O–H groups in total. The van der Waals surface area contributed by atoms with Crippen LogP contribution < -0.4 is 5.32 Å². The summed E-state index contributed by atoms with van der Waals surface area (Å²) >= 11 is 0. The number of halogens is 2. The first-order chi connectivity index (χ1) is 12.6.